The Morgan fingerprint density at radius 2 is 2.13 bits per heavy atom. The molecule has 3 amide bonds. The molecule has 7 nitrogen and oxygen atoms in total. The van der Waals surface area contributed by atoms with Gasteiger partial charge in [0.2, 0.25) is 5.91 Å². The van der Waals surface area contributed by atoms with E-state index in [2.05, 4.69) is 21.0 Å². The number of urea groups is 1. The van der Waals surface area contributed by atoms with Gasteiger partial charge in [0, 0.05) is 18.9 Å². The Kier molecular flexibility index (Phi) is 4.83. The van der Waals surface area contributed by atoms with Crippen LogP contribution in [0.1, 0.15) is 45.1 Å². The van der Waals surface area contributed by atoms with Gasteiger partial charge in [0.25, 0.3) is 0 Å². The second-order valence-corrected chi connectivity index (χ2v) is 6.60. The molecule has 1 saturated heterocycles. The van der Waals surface area contributed by atoms with Crippen LogP contribution in [0, 0.1) is 5.92 Å². The molecule has 0 radical (unpaired) electrons. The SMILES string of the molecule is CC1CCNC(=O)C1NC(=O)NC1CCCCC1n1cccn1. The van der Waals surface area contributed by atoms with Gasteiger partial charge in [-0.3, -0.25) is 9.48 Å². The highest BCUT2D eigenvalue weighted by Gasteiger charge is 2.32. The van der Waals surface area contributed by atoms with Gasteiger partial charge < -0.3 is 16.0 Å². The molecule has 126 valence electrons. The molecule has 1 aliphatic carbocycles. The molecular weight excluding hydrogens is 294 g/mol. The molecule has 3 N–H and O–H groups in total. The molecule has 0 bridgehead atoms. The van der Waals surface area contributed by atoms with E-state index >= 15 is 0 Å². The van der Waals surface area contributed by atoms with Crippen LogP contribution in [0.15, 0.2) is 18.5 Å². The van der Waals surface area contributed by atoms with E-state index in [4.69, 9.17) is 0 Å². The molecule has 1 aromatic heterocycles. The van der Waals surface area contributed by atoms with E-state index in [1.807, 2.05) is 23.9 Å². The molecule has 1 aliphatic heterocycles. The number of hydrogen-bond acceptors (Lipinski definition) is 3. The number of carbonyl (C=O) groups excluding carboxylic acids is 2. The molecule has 4 unspecified atom stereocenters. The minimum Gasteiger partial charge on any atom is -0.354 e. The number of hydrogen-bond donors (Lipinski definition) is 3. The second-order valence-electron chi connectivity index (χ2n) is 6.60. The van der Waals surface area contributed by atoms with Gasteiger partial charge in [-0.25, -0.2) is 4.79 Å². The first-order chi connectivity index (χ1) is 11.1. The zero-order chi connectivity index (χ0) is 16.2. The molecule has 2 aliphatic rings. The van der Waals surface area contributed by atoms with Crippen molar-refractivity contribution in [3.05, 3.63) is 18.5 Å². The zero-order valence-corrected chi connectivity index (χ0v) is 13.5. The van der Waals surface area contributed by atoms with Crippen molar-refractivity contribution in [3.63, 3.8) is 0 Å². The van der Waals surface area contributed by atoms with E-state index in [-0.39, 0.29) is 29.9 Å². The Labute approximate surface area is 136 Å². The van der Waals surface area contributed by atoms with Crippen molar-refractivity contribution < 1.29 is 9.59 Å². The Morgan fingerprint density at radius 1 is 1.30 bits per heavy atom. The minimum atomic E-state index is -0.449. The first-order valence-electron chi connectivity index (χ1n) is 8.49. The first kappa shape index (κ1) is 15.8. The fraction of sp³-hybridized carbons (Fsp3) is 0.688. The van der Waals surface area contributed by atoms with Crippen LogP contribution >= 0.6 is 0 Å². The molecule has 1 saturated carbocycles. The summed E-state index contributed by atoms with van der Waals surface area (Å²) in [5.41, 5.74) is 0. The first-order valence-corrected chi connectivity index (χ1v) is 8.49. The van der Waals surface area contributed by atoms with E-state index < -0.39 is 6.04 Å². The van der Waals surface area contributed by atoms with Crippen LogP contribution in [-0.4, -0.2) is 40.3 Å². The molecule has 3 rings (SSSR count). The lowest BCUT2D eigenvalue weighted by Gasteiger charge is -2.34. The summed E-state index contributed by atoms with van der Waals surface area (Å²) in [5.74, 6) is 0.0638. The summed E-state index contributed by atoms with van der Waals surface area (Å²) in [6.07, 6.45) is 8.78. The van der Waals surface area contributed by atoms with Crippen molar-refractivity contribution in [2.75, 3.05) is 6.54 Å². The van der Waals surface area contributed by atoms with Crippen molar-refractivity contribution in [3.8, 4) is 0 Å². The summed E-state index contributed by atoms with van der Waals surface area (Å²) < 4.78 is 1.93. The number of aromatic nitrogens is 2. The summed E-state index contributed by atoms with van der Waals surface area (Å²) >= 11 is 0. The maximum Gasteiger partial charge on any atom is 0.315 e. The summed E-state index contributed by atoms with van der Waals surface area (Å²) in [6.45, 7) is 2.68. The Bertz CT molecular complexity index is 545. The smallest absolute Gasteiger partial charge is 0.315 e. The van der Waals surface area contributed by atoms with Crippen molar-refractivity contribution >= 4 is 11.9 Å². The molecule has 4 atom stereocenters. The number of rotatable bonds is 3. The normalized spacial score (nSPS) is 31.3. The standard InChI is InChI=1S/C16H25N5O2/c1-11-7-9-17-15(22)14(11)20-16(23)19-12-5-2-3-6-13(12)21-10-4-8-18-21/h4,8,10-14H,2-3,5-7,9H2,1H3,(H,17,22)(H2,19,20,23). The highest BCUT2D eigenvalue weighted by atomic mass is 16.2. The average Bonchev–Trinajstić information content (AvgIpc) is 3.06. The van der Waals surface area contributed by atoms with E-state index in [1.54, 1.807) is 6.20 Å². The lowest BCUT2D eigenvalue weighted by Crippen LogP contribution is -2.58. The predicted octanol–water partition coefficient (Wildman–Crippen LogP) is 1.19. The lowest BCUT2D eigenvalue weighted by atomic mass is 9.90. The zero-order valence-electron chi connectivity index (χ0n) is 13.5. The summed E-state index contributed by atoms with van der Waals surface area (Å²) in [4.78, 5) is 24.3. The molecule has 0 aromatic carbocycles. The molecule has 2 heterocycles. The van der Waals surface area contributed by atoms with Gasteiger partial charge in [0.1, 0.15) is 6.04 Å². The highest BCUT2D eigenvalue weighted by molar-refractivity contribution is 5.87. The number of nitrogens with zero attached hydrogens (tertiary/aromatic N) is 2. The fourth-order valence-corrected chi connectivity index (χ4v) is 3.59. The molecular formula is C16H25N5O2. The van der Waals surface area contributed by atoms with Crippen LogP contribution in [0.3, 0.4) is 0 Å². The number of piperidine rings is 1. The van der Waals surface area contributed by atoms with Crippen LogP contribution in [0.4, 0.5) is 4.79 Å². The van der Waals surface area contributed by atoms with Gasteiger partial charge in [0.15, 0.2) is 0 Å². The molecule has 23 heavy (non-hydrogen) atoms. The summed E-state index contributed by atoms with van der Waals surface area (Å²) in [7, 11) is 0. The fourth-order valence-electron chi connectivity index (χ4n) is 3.59. The lowest BCUT2D eigenvalue weighted by molar-refractivity contribution is -0.125. The van der Waals surface area contributed by atoms with Gasteiger partial charge >= 0.3 is 6.03 Å². The molecule has 7 heteroatoms. The van der Waals surface area contributed by atoms with Gasteiger partial charge in [-0.1, -0.05) is 19.8 Å². The summed E-state index contributed by atoms with van der Waals surface area (Å²) in [6, 6.07) is 1.42. The largest absolute Gasteiger partial charge is 0.354 e. The Balaban J connectivity index is 1.60. The van der Waals surface area contributed by atoms with Crippen LogP contribution in [-0.2, 0) is 4.79 Å². The minimum absolute atomic E-state index is 0.0469. The predicted molar refractivity (Wildman–Crippen MR) is 85.8 cm³/mol. The molecule has 0 spiro atoms. The van der Waals surface area contributed by atoms with Crippen molar-refractivity contribution in [1.29, 1.82) is 0 Å². The van der Waals surface area contributed by atoms with Crippen LogP contribution in [0.2, 0.25) is 0 Å². The number of amides is 3. The van der Waals surface area contributed by atoms with Crippen molar-refractivity contribution in [2.45, 2.75) is 57.2 Å². The molecule has 2 fully saturated rings. The van der Waals surface area contributed by atoms with E-state index in [9.17, 15) is 9.59 Å². The van der Waals surface area contributed by atoms with E-state index in [0.29, 0.717) is 6.54 Å². The van der Waals surface area contributed by atoms with Crippen LogP contribution in [0.5, 0.6) is 0 Å². The van der Waals surface area contributed by atoms with Gasteiger partial charge in [-0.05, 0) is 31.2 Å². The quantitative estimate of drug-likeness (QED) is 0.782. The topological polar surface area (TPSA) is 88.0 Å². The monoisotopic (exact) mass is 319 g/mol. The van der Waals surface area contributed by atoms with E-state index in [0.717, 1.165) is 32.1 Å². The van der Waals surface area contributed by atoms with Crippen LogP contribution in [0.25, 0.3) is 0 Å². The van der Waals surface area contributed by atoms with E-state index in [1.165, 1.54) is 0 Å². The van der Waals surface area contributed by atoms with Crippen molar-refractivity contribution in [2.24, 2.45) is 5.92 Å². The number of carbonyl (C=O) groups is 2. The second kappa shape index (κ2) is 7.02. The maximum absolute atomic E-state index is 12.4. The molecule has 1 aromatic rings. The van der Waals surface area contributed by atoms with Gasteiger partial charge in [0.05, 0.1) is 12.1 Å². The van der Waals surface area contributed by atoms with Gasteiger partial charge in [-0.15, -0.1) is 0 Å². The maximum atomic E-state index is 12.4. The van der Waals surface area contributed by atoms with Gasteiger partial charge in [-0.2, -0.15) is 5.10 Å². The number of nitrogens with one attached hydrogen (secondary N) is 3. The Hall–Kier alpha value is -2.05. The summed E-state index contributed by atoms with van der Waals surface area (Å²) in [5, 5.41) is 13.0. The third kappa shape index (κ3) is 3.65. The average molecular weight is 319 g/mol. The van der Waals surface area contributed by atoms with Crippen molar-refractivity contribution in [1.82, 2.24) is 25.7 Å². The third-order valence-corrected chi connectivity index (χ3v) is 4.95. The third-order valence-electron chi connectivity index (χ3n) is 4.95. The highest BCUT2D eigenvalue weighted by Crippen LogP contribution is 2.28. The Morgan fingerprint density at radius 3 is 2.87 bits per heavy atom. The van der Waals surface area contributed by atoms with Crippen LogP contribution < -0.4 is 16.0 Å².